The molecule has 0 saturated carbocycles. The highest BCUT2D eigenvalue weighted by Gasteiger charge is 2.23. The van der Waals surface area contributed by atoms with Crippen molar-refractivity contribution in [3.63, 3.8) is 0 Å². The zero-order valence-electron chi connectivity index (χ0n) is 10.5. The van der Waals surface area contributed by atoms with Gasteiger partial charge in [-0.2, -0.15) is 0 Å². The molecule has 0 bridgehead atoms. The largest absolute Gasteiger partial charge is 0.493 e. The van der Waals surface area contributed by atoms with Crippen molar-refractivity contribution in [3.8, 4) is 5.75 Å². The molecule has 0 amide bonds. The SMILES string of the molecule is NC(c1ccc(Cl)cc1Br)c1cc(Br)cc2c1OCC2. The topological polar surface area (TPSA) is 35.2 Å². The van der Waals surface area contributed by atoms with E-state index in [1.54, 1.807) is 0 Å². The Morgan fingerprint density at radius 1 is 1.15 bits per heavy atom. The summed E-state index contributed by atoms with van der Waals surface area (Å²) in [4.78, 5) is 0. The van der Waals surface area contributed by atoms with Crippen LogP contribution in [0.5, 0.6) is 5.75 Å². The normalized spacial score (nSPS) is 14.8. The van der Waals surface area contributed by atoms with Crippen molar-refractivity contribution in [1.82, 2.24) is 0 Å². The number of fused-ring (bicyclic) bond motifs is 1. The van der Waals surface area contributed by atoms with E-state index >= 15 is 0 Å². The Hall–Kier alpha value is -0.550. The summed E-state index contributed by atoms with van der Waals surface area (Å²) < 4.78 is 7.68. The number of hydrogen-bond acceptors (Lipinski definition) is 2. The van der Waals surface area contributed by atoms with Crippen molar-refractivity contribution in [3.05, 3.63) is 61.0 Å². The minimum absolute atomic E-state index is 0.258. The zero-order valence-corrected chi connectivity index (χ0v) is 14.4. The lowest BCUT2D eigenvalue weighted by Gasteiger charge is -2.18. The molecule has 5 heteroatoms. The van der Waals surface area contributed by atoms with Gasteiger partial charge in [-0.1, -0.05) is 49.5 Å². The van der Waals surface area contributed by atoms with Gasteiger partial charge < -0.3 is 10.5 Å². The summed E-state index contributed by atoms with van der Waals surface area (Å²) in [6, 6.07) is 9.51. The molecule has 0 aliphatic carbocycles. The maximum absolute atomic E-state index is 6.44. The first kappa shape index (κ1) is 14.4. The molecule has 20 heavy (non-hydrogen) atoms. The molecule has 2 aromatic carbocycles. The van der Waals surface area contributed by atoms with Crippen molar-refractivity contribution in [2.24, 2.45) is 5.73 Å². The van der Waals surface area contributed by atoms with Gasteiger partial charge in [0, 0.05) is 26.0 Å². The maximum Gasteiger partial charge on any atom is 0.127 e. The molecule has 2 N–H and O–H groups in total. The van der Waals surface area contributed by atoms with Gasteiger partial charge in [0.1, 0.15) is 5.75 Å². The molecule has 1 heterocycles. The molecular formula is C15H12Br2ClNO. The van der Waals surface area contributed by atoms with E-state index < -0.39 is 0 Å². The molecule has 1 aliphatic heterocycles. The molecule has 0 spiro atoms. The van der Waals surface area contributed by atoms with Crippen LogP contribution in [-0.2, 0) is 6.42 Å². The first-order chi connectivity index (χ1) is 9.56. The summed E-state index contributed by atoms with van der Waals surface area (Å²) in [6.45, 7) is 0.716. The van der Waals surface area contributed by atoms with Crippen LogP contribution >= 0.6 is 43.5 Å². The second-order valence-electron chi connectivity index (χ2n) is 4.73. The van der Waals surface area contributed by atoms with E-state index in [0.29, 0.717) is 11.6 Å². The standard InChI is InChI=1S/C15H12Br2ClNO/c16-9-5-8-3-4-20-15(8)12(6-9)14(19)11-2-1-10(18)7-13(11)17/h1-2,5-7,14H,3-4,19H2. The average molecular weight is 418 g/mol. The van der Waals surface area contributed by atoms with Crippen molar-refractivity contribution < 1.29 is 4.74 Å². The van der Waals surface area contributed by atoms with Crippen LogP contribution in [0.15, 0.2) is 39.3 Å². The van der Waals surface area contributed by atoms with E-state index in [0.717, 1.165) is 32.2 Å². The molecule has 0 saturated heterocycles. The zero-order chi connectivity index (χ0) is 14.3. The van der Waals surface area contributed by atoms with Gasteiger partial charge >= 0.3 is 0 Å². The van der Waals surface area contributed by atoms with E-state index in [2.05, 4.69) is 37.9 Å². The molecule has 0 aromatic heterocycles. The number of rotatable bonds is 2. The van der Waals surface area contributed by atoms with E-state index in [1.165, 1.54) is 5.56 Å². The fraction of sp³-hybridized carbons (Fsp3) is 0.200. The molecule has 0 fully saturated rings. The van der Waals surface area contributed by atoms with Gasteiger partial charge in [-0.3, -0.25) is 0 Å². The van der Waals surface area contributed by atoms with Crippen LogP contribution in [0.25, 0.3) is 0 Å². The molecule has 3 rings (SSSR count). The number of benzene rings is 2. The molecule has 2 nitrogen and oxygen atoms in total. The fourth-order valence-corrected chi connectivity index (χ4v) is 3.90. The van der Waals surface area contributed by atoms with E-state index in [9.17, 15) is 0 Å². The third-order valence-corrected chi connectivity index (χ3v) is 4.79. The molecule has 1 aliphatic rings. The summed E-state index contributed by atoms with van der Waals surface area (Å²) in [7, 11) is 0. The van der Waals surface area contributed by atoms with Gasteiger partial charge in [-0.25, -0.2) is 0 Å². The van der Waals surface area contributed by atoms with Gasteiger partial charge in [0.15, 0.2) is 0 Å². The van der Waals surface area contributed by atoms with Gasteiger partial charge in [0.2, 0.25) is 0 Å². The van der Waals surface area contributed by atoms with Crippen LogP contribution in [0.2, 0.25) is 5.02 Å². The monoisotopic (exact) mass is 415 g/mol. The summed E-state index contributed by atoms with van der Waals surface area (Å²) in [5.41, 5.74) is 9.63. The quantitative estimate of drug-likeness (QED) is 0.758. The lowest BCUT2D eigenvalue weighted by molar-refractivity contribution is 0.352. The minimum Gasteiger partial charge on any atom is -0.493 e. The van der Waals surface area contributed by atoms with Crippen LogP contribution < -0.4 is 10.5 Å². The Balaban J connectivity index is 2.09. The van der Waals surface area contributed by atoms with Crippen molar-refractivity contribution >= 4 is 43.5 Å². The van der Waals surface area contributed by atoms with Crippen LogP contribution in [-0.4, -0.2) is 6.61 Å². The molecule has 2 aromatic rings. The Morgan fingerprint density at radius 3 is 2.70 bits per heavy atom. The van der Waals surface area contributed by atoms with Gasteiger partial charge in [-0.05, 0) is 35.4 Å². The first-order valence-electron chi connectivity index (χ1n) is 6.22. The summed E-state index contributed by atoms with van der Waals surface area (Å²) in [5, 5.41) is 0.684. The third kappa shape index (κ3) is 2.62. The predicted molar refractivity (Wildman–Crippen MR) is 88.5 cm³/mol. The third-order valence-electron chi connectivity index (χ3n) is 3.41. The van der Waals surface area contributed by atoms with Crippen molar-refractivity contribution in [1.29, 1.82) is 0 Å². The number of ether oxygens (including phenoxy) is 1. The lowest BCUT2D eigenvalue weighted by atomic mass is 9.96. The number of nitrogens with two attached hydrogens (primary N) is 1. The van der Waals surface area contributed by atoms with Crippen LogP contribution in [0.3, 0.4) is 0 Å². The molecule has 1 atom stereocenters. The van der Waals surface area contributed by atoms with Crippen LogP contribution in [0.4, 0.5) is 0 Å². The van der Waals surface area contributed by atoms with E-state index in [4.69, 9.17) is 22.1 Å². The average Bonchev–Trinajstić information content (AvgIpc) is 2.85. The summed E-state index contributed by atoms with van der Waals surface area (Å²) in [6.07, 6.45) is 0.927. The highest BCUT2D eigenvalue weighted by molar-refractivity contribution is 9.10. The van der Waals surface area contributed by atoms with Gasteiger partial charge in [0.05, 0.1) is 12.6 Å². The van der Waals surface area contributed by atoms with Crippen molar-refractivity contribution in [2.45, 2.75) is 12.5 Å². The molecule has 0 radical (unpaired) electrons. The summed E-state index contributed by atoms with van der Waals surface area (Å²) in [5.74, 6) is 0.919. The van der Waals surface area contributed by atoms with Gasteiger partial charge in [-0.15, -0.1) is 0 Å². The van der Waals surface area contributed by atoms with Crippen LogP contribution in [0, 0.1) is 0 Å². The lowest BCUT2D eigenvalue weighted by Crippen LogP contribution is -2.13. The van der Waals surface area contributed by atoms with E-state index in [-0.39, 0.29) is 6.04 Å². The Morgan fingerprint density at radius 2 is 1.95 bits per heavy atom. The van der Waals surface area contributed by atoms with E-state index in [1.807, 2.05) is 24.3 Å². The smallest absolute Gasteiger partial charge is 0.127 e. The Labute approximate surface area is 139 Å². The second-order valence-corrected chi connectivity index (χ2v) is 6.93. The molecular weight excluding hydrogens is 405 g/mol. The van der Waals surface area contributed by atoms with Crippen LogP contribution in [0.1, 0.15) is 22.7 Å². The number of hydrogen-bond donors (Lipinski definition) is 1. The fourth-order valence-electron chi connectivity index (χ4n) is 2.45. The first-order valence-corrected chi connectivity index (χ1v) is 8.18. The predicted octanol–water partition coefficient (Wildman–Crippen LogP) is 4.85. The second kappa shape index (κ2) is 5.68. The molecule has 104 valence electrons. The Kier molecular flexibility index (Phi) is 4.09. The number of halogens is 3. The maximum atomic E-state index is 6.44. The Bertz CT molecular complexity index is 675. The highest BCUT2D eigenvalue weighted by atomic mass is 79.9. The highest BCUT2D eigenvalue weighted by Crippen LogP contribution is 2.39. The molecule has 1 unspecified atom stereocenters. The van der Waals surface area contributed by atoms with Crippen molar-refractivity contribution in [2.75, 3.05) is 6.61 Å². The summed E-state index contributed by atoms with van der Waals surface area (Å²) >= 11 is 13.1. The minimum atomic E-state index is -0.258. The van der Waals surface area contributed by atoms with Gasteiger partial charge in [0.25, 0.3) is 0 Å².